The van der Waals surface area contributed by atoms with Crippen LogP contribution in [-0.4, -0.2) is 40.5 Å². The molecule has 112 valence electrons. The van der Waals surface area contributed by atoms with E-state index in [0.717, 1.165) is 4.90 Å². The molecule has 0 spiro atoms. The molecule has 0 atom stereocenters. The summed E-state index contributed by atoms with van der Waals surface area (Å²) in [5, 5.41) is 19.2. The largest absolute Gasteiger partial charge is 0.409 e. The van der Waals surface area contributed by atoms with Crippen LogP contribution in [0.4, 0.5) is 19.0 Å². The van der Waals surface area contributed by atoms with E-state index in [2.05, 4.69) is 15.4 Å². The van der Waals surface area contributed by atoms with Crippen LogP contribution in [0.1, 0.15) is 23.7 Å². The van der Waals surface area contributed by atoms with E-state index in [1.54, 1.807) is 20.8 Å². The van der Waals surface area contributed by atoms with Crippen LogP contribution in [0.3, 0.4) is 0 Å². The third-order valence-electron chi connectivity index (χ3n) is 2.85. The van der Waals surface area contributed by atoms with Gasteiger partial charge in [0.05, 0.1) is 11.3 Å². The van der Waals surface area contributed by atoms with Crippen molar-refractivity contribution in [3.05, 3.63) is 16.8 Å². The van der Waals surface area contributed by atoms with Crippen molar-refractivity contribution in [1.29, 1.82) is 0 Å². The van der Waals surface area contributed by atoms with Gasteiger partial charge >= 0.3 is 6.18 Å². The maximum Gasteiger partial charge on any atom is 0.405 e. The summed E-state index contributed by atoms with van der Waals surface area (Å²) < 4.78 is 37.7. The van der Waals surface area contributed by atoms with Crippen LogP contribution in [-0.2, 0) is 0 Å². The number of aryl methyl sites for hydroxylation is 1. The van der Waals surface area contributed by atoms with Gasteiger partial charge in [-0.1, -0.05) is 5.16 Å². The molecule has 20 heavy (non-hydrogen) atoms. The SMILES string of the molecule is CCN(CC(F)(F)F)c1nnc(C)c(C)c1C(N)=NO. The van der Waals surface area contributed by atoms with Crippen molar-refractivity contribution in [3.63, 3.8) is 0 Å². The third-order valence-corrected chi connectivity index (χ3v) is 2.85. The van der Waals surface area contributed by atoms with Crippen molar-refractivity contribution in [3.8, 4) is 0 Å². The lowest BCUT2D eigenvalue weighted by Gasteiger charge is -2.25. The first-order chi connectivity index (χ1) is 9.21. The number of halogens is 3. The molecule has 0 unspecified atom stereocenters. The van der Waals surface area contributed by atoms with Gasteiger partial charge in [-0.15, -0.1) is 5.10 Å². The zero-order valence-electron chi connectivity index (χ0n) is 11.4. The monoisotopic (exact) mass is 291 g/mol. The number of alkyl halides is 3. The molecule has 6 nitrogen and oxygen atoms in total. The number of hydrogen-bond donors (Lipinski definition) is 2. The number of rotatable bonds is 4. The molecule has 0 fully saturated rings. The highest BCUT2D eigenvalue weighted by atomic mass is 19.4. The Balaban J connectivity index is 3.39. The lowest BCUT2D eigenvalue weighted by molar-refractivity contribution is -0.119. The summed E-state index contributed by atoms with van der Waals surface area (Å²) in [5.74, 6) is -0.348. The van der Waals surface area contributed by atoms with Gasteiger partial charge in [0, 0.05) is 6.54 Å². The molecule has 0 aliphatic heterocycles. The molecule has 0 saturated heterocycles. The minimum absolute atomic E-state index is 0.0526. The van der Waals surface area contributed by atoms with Gasteiger partial charge in [-0.2, -0.15) is 18.3 Å². The minimum Gasteiger partial charge on any atom is -0.409 e. The van der Waals surface area contributed by atoms with E-state index >= 15 is 0 Å². The Morgan fingerprint density at radius 3 is 2.40 bits per heavy atom. The molecule has 3 N–H and O–H groups in total. The average Bonchev–Trinajstić information content (AvgIpc) is 2.37. The summed E-state index contributed by atoms with van der Waals surface area (Å²) in [5.41, 5.74) is 6.72. The van der Waals surface area contributed by atoms with Crippen LogP contribution in [0.25, 0.3) is 0 Å². The zero-order valence-corrected chi connectivity index (χ0v) is 11.4. The van der Waals surface area contributed by atoms with Crippen molar-refractivity contribution >= 4 is 11.7 Å². The standard InChI is InChI=1S/C11H16F3N5O/c1-4-19(5-11(12,13)14)10-8(9(15)18-20)6(2)7(3)16-17-10/h20H,4-5H2,1-3H3,(H2,15,18). The molecule has 0 bridgehead atoms. The van der Waals surface area contributed by atoms with Crippen LogP contribution in [0.2, 0.25) is 0 Å². The fourth-order valence-corrected chi connectivity index (χ4v) is 1.73. The molecular weight excluding hydrogens is 275 g/mol. The first-order valence-corrected chi connectivity index (χ1v) is 5.84. The molecule has 1 rings (SSSR count). The highest BCUT2D eigenvalue weighted by Gasteiger charge is 2.32. The minimum atomic E-state index is -4.39. The fraction of sp³-hybridized carbons (Fsp3) is 0.545. The molecule has 1 aromatic heterocycles. The molecule has 1 heterocycles. The number of anilines is 1. The molecule has 0 aromatic carbocycles. The van der Waals surface area contributed by atoms with E-state index in [-0.39, 0.29) is 23.8 Å². The van der Waals surface area contributed by atoms with Crippen LogP contribution >= 0.6 is 0 Å². The number of hydrogen-bond acceptors (Lipinski definition) is 5. The van der Waals surface area contributed by atoms with Crippen molar-refractivity contribution in [1.82, 2.24) is 10.2 Å². The Hall–Kier alpha value is -2.06. The summed E-state index contributed by atoms with van der Waals surface area (Å²) in [6, 6.07) is 0. The summed E-state index contributed by atoms with van der Waals surface area (Å²) in [6.07, 6.45) is -4.39. The van der Waals surface area contributed by atoms with Crippen LogP contribution < -0.4 is 10.6 Å². The van der Waals surface area contributed by atoms with E-state index in [4.69, 9.17) is 10.9 Å². The maximum absolute atomic E-state index is 12.6. The second-order valence-electron chi connectivity index (χ2n) is 4.22. The first-order valence-electron chi connectivity index (χ1n) is 5.84. The normalized spacial score (nSPS) is 12.6. The average molecular weight is 291 g/mol. The van der Waals surface area contributed by atoms with Gasteiger partial charge in [0.25, 0.3) is 0 Å². The molecule has 0 amide bonds. The van der Waals surface area contributed by atoms with Gasteiger partial charge in [0.15, 0.2) is 11.7 Å². The van der Waals surface area contributed by atoms with Crippen LogP contribution in [0.15, 0.2) is 5.16 Å². The number of nitrogens with zero attached hydrogens (tertiary/aromatic N) is 4. The third kappa shape index (κ3) is 3.49. The van der Waals surface area contributed by atoms with E-state index in [1.165, 1.54) is 0 Å². The summed E-state index contributed by atoms with van der Waals surface area (Å²) in [6.45, 7) is 3.69. The molecule has 1 aromatic rings. The number of aromatic nitrogens is 2. The zero-order chi connectivity index (χ0) is 15.5. The van der Waals surface area contributed by atoms with Crippen molar-refractivity contribution in [2.75, 3.05) is 18.0 Å². The quantitative estimate of drug-likeness (QED) is 0.380. The van der Waals surface area contributed by atoms with Crippen molar-refractivity contribution in [2.24, 2.45) is 10.9 Å². The van der Waals surface area contributed by atoms with Crippen molar-refractivity contribution in [2.45, 2.75) is 26.9 Å². The van der Waals surface area contributed by atoms with E-state index in [9.17, 15) is 13.2 Å². The van der Waals surface area contributed by atoms with Gasteiger partial charge in [-0.25, -0.2) is 0 Å². The van der Waals surface area contributed by atoms with Gasteiger partial charge in [-0.3, -0.25) is 0 Å². The molecule has 0 aliphatic rings. The number of amidine groups is 1. The Bertz CT molecular complexity index is 516. The molecule has 9 heteroatoms. The summed E-state index contributed by atoms with van der Waals surface area (Å²) >= 11 is 0. The predicted octanol–water partition coefficient (Wildman–Crippen LogP) is 1.58. The van der Waals surface area contributed by atoms with Crippen molar-refractivity contribution < 1.29 is 18.4 Å². The smallest absolute Gasteiger partial charge is 0.405 e. The molecular formula is C11H16F3N5O. The fourth-order valence-electron chi connectivity index (χ4n) is 1.73. The topological polar surface area (TPSA) is 87.6 Å². The van der Waals surface area contributed by atoms with Crippen LogP contribution in [0, 0.1) is 13.8 Å². The van der Waals surface area contributed by atoms with E-state index in [0.29, 0.717) is 11.3 Å². The summed E-state index contributed by atoms with van der Waals surface area (Å²) in [4.78, 5) is 0.979. The second-order valence-corrected chi connectivity index (χ2v) is 4.22. The number of oxime groups is 1. The maximum atomic E-state index is 12.6. The Morgan fingerprint density at radius 1 is 1.35 bits per heavy atom. The molecule has 0 aliphatic carbocycles. The van der Waals surface area contributed by atoms with E-state index < -0.39 is 12.7 Å². The lowest BCUT2D eigenvalue weighted by Crippen LogP contribution is -2.37. The predicted molar refractivity (Wildman–Crippen MR) is 68.0 cm³/mol. The van der Waals surface area contributed by atoms with E-state index in [1.807, 2.05) is 0 Å². The highest BCUT2D eigenvalue weighted by molar-refractivity contribution is 6.02. The Kier molecular flexibility index (Phi) is 4.74. The highest BCUT2D eigenvalue weighted by Crippen LogP contribution is 2.25. The van der Waals surface area contributed by atoms with Crippen LogP contribution in [0.5, 0.6) is 0 Å². The molecule has 0 saturated carbocycles. The van der Waals surface area contributed by atoms with Gasteiger partial charge < -0.3 is 15.8 Å². The number of nitrogens with two attached hydrogens (primary N) is 1. The van der Waals surface area contributed by atoms with Gasteiger partial charge in [0.1, 0.15) is 6.54 Å². The Labute approximate surface area is 114 Å². The second kappa shape index (κ2) is 5.93. The summed E-state index contributed by atoms with van der Waals surface area (Å²) in [7, 11) is 0. The van der Waals surface area contributed by atoms with Gasteiger partial charge in [-0.05, 0) is 26.3 Å². The lowest BCUT2D eigenvalue weighted by atomic mass is 10.1. The Morgan fingerprint density at radius 2 is 1.95 bits per heavy atom. The van der Waals surface area contributed by atoms with Gasteiger partial charge in [0.2, 0.25) is 0 Å². The first kappa shape index (κ1) is 16.0. The molecule has 0 radical (unpaired) electrons.